The molecule has 4 N–H and O–H groups in total. The van der Waals surface area contributed by atoms with Gasteiger partial charge in [-0.1, -0.05) is 0 Å². The molecule has 0 unspecified atom stereocenters. The zero-order valence-electron chi connectivity index (χ0n) is 10.5. The van der Waals surface area contributed by atoms with Gasteiger partial charge in [0.15, 0.2) is 0 Å². The number of amides is 2. The SMILES string of the molecule is COCCNCC(=O)Nc1cc(C(N)=O)ccc1F. The fourth-order valence-electron chi connectivity index (χ4n) is 1.34. The molecule has 0 bridgehead atoms. The number of carbonyl (C=O) groups excluding carboxylic acids is 2. The maximum absolute atomic E-state index is 13.4. The van der Waals surface area contributed by atoms with Crippen LogP contribution in [0.4, 0.5) is 10.1 Å². The monoisotopic (exact) mass is 269 g/mol. The number of methoxy groups -OCH3 is 1. The summed E-state index contributed by atoms with van der Waals surface area (Å²) in [5.74, 6) is -1.74. The largest absolute Gasteiger partial charge is 0.383 e. The number of nitrogens with two attached hydrogens (primary N) is 1. The molecule has 1 aromatic carbocycles. The number of rotatable bonds is 7. The van der Waals surface area contributed by atoms with Gasteiger partial charge in [-0.3, -0.25) is 9.59 Å². The smallest absolute Gasteiger partial charge is 0.248 e. The lowest BCUT2D eigenvalue weighted by Gasteiger charge is -2.08. The van der Waals surface area contributed by atoms with Gasteiger partial charge in [0.25, 0.3) is 0 Å². The van der Waals surface area contributed by atoms with Crippen LogP contribution in [-0.2, 0) is 9.53 Å². The van der Waals surface area contributed by atoms with Gasteiger partial charge in [0, 0.05) is 19.2 Å². The number of carbonyl (C=O) groups is 2. The van der Waals surface area contributed by atoms with E-state index >= 15 is 0 Å². The molecule has 0 heterocycles. The molecule has 0 spiro atoms. The molecule has 6 nitrogen and oxygen atoms in total. The summed E-state index contributed by atoms with van der Waals surface area (Å²) < 4.78 is 18.2. The van der Waals surface area contributed by atoms with Crippen molar-refractivity contribution in [3.8, 4) is 0 Å². The van der Waals surface area contributed by atoms with Crippen molar-refractivity contribution in [1.29, 1.82) is 0 Å². The first-order valence-electron chi connectivity index (χ1n) is 5.63. The van der Waals surface area contributed by atoms with Crippen LogP contribution in [0.3, 0.4) is 0 Å². The number of ether oxygens (including phenoxy) is 1. The first-order chi connectivity index (χ1) is 9.04. The van der Waals surface area contributed by atoms with Gasteiger partial charge < -0.3 is 21.1 Å². The third-order valence-corrected chi connectivity index (χ3v) is 2.29. The summed E-state index contributed by atoms with van der Waals surface area (Å²) >= 11 is 0. The van der Waals surface area contributed by atoms with E-state index in [9.17, 15) is 14.0 Å². The van der Waals surface area contributed by atoms with Crippen molar-refractivity contribution < 1.29 is 18.7 Å². The van der Waals surface area contributed by atoms with Gasteiger partial charge in [-0.2, -0.15) is 0 Å². The highest BCUT2D eigenvalue weighted by atomic mass is 19.1. The normalized spacial score (nSPS) is 10.2. The highest BCUT2D eigenvalue weighted by Crippen LogP contribution is 2.15. The van der Waals surface area contributed by atoms with Crippen LogP contribution in [0, 0.1) is 5.82 Å². The Morgan fingerprint density at radius 3 is 2.79 bits per heavy atom. The number of primary amides is 1. The molecule has 0 fully saturated rings. The zero-order valence-corrected chi connectivity index (χ0v) is 10.5. The van der Waals surface area contributed by atoms with E-state index in [-0.39, 0.29) is 17.8 Å². The van der Waals surface area contributed by atoms with Crippen molar-refractivity contribution >= 4 is 17.5 Å². The van der Waals surface area contributed by atoms with Crippen molar-refractivity contribution in [2.24, 2.45) is 5.73 Å². The van der Waals surface area contributed by atoms with Crippen molar-refractivity contribution in [2.75, 3.05) is 32.1 Å². The van der Waals surface area contributed by atoms with Gasteiger partial charge in [-0.25, -0.2) is 4.39 Å². The Balaban J connectivity index is 2.58. The number of nitrogens with one attached hydrogen (secondary N) is 2. The van der Waals surface area contributed by atoms with E-state index in [1.807, 2.05) is 0 Å². The van der Waals surface area contributed by atoms with E-state index in [2.05, 4.69) is 10.6 Å². The molecule has 0 aliphatic heterocycles. The van der Waals surface area contributed by atoms with Crippen molar-refractivity contribution in [2.45, 2.75) is 0 Å². The molecule has 2 amide bonds. The summed E-state index contributed by atoms with van der Waals surface area (Å²) in [5, 5.41) is 5.17. The summed E-state index contributed by atoms with van der Waals surface area (Å²) in [6.07, 6.45) is 0. The van der Waals surface area contributed by atoms with Gasteiger partial charge in [0.1, 0.15) is 5.82 Å². The molecule has 0 atom stereocenters. The van der Waals surface area contributed by atoms with Gasteiger partial charge in [-0.05, 0) is 18.2 Å². The topological polar surface area (TPSA) is 93.4 Å². The van der Waals surface area contributed by atoms with Crippen LogP contribution in [0.25, 0.3) is 0 Å². The minimum absolute atomic E-state index is 0.0175. The average Bonchev–Trinajstić information content (AvgIpc) is 2.37. The number of anilines is 1. The third kappa shape index (κ3) is 5.02. The van der Waals surface area contributed by atoms with Gasteiger partial charge in [0.2, 0.25) is 11.8 Å². The number of hydrogen-bond donors (Lipinski definition) is 3. The molecular formula is C12H16FN3O3. The molecule has 1 aromatic rings. The Hall–Kier alpha value is -1.99. The lowest BCUT2D eigenvalue weighted by atomic mass is 10.2. The summed E-state index contributed by atoms with van der Waals surface area (Å²) in [5.41, 5.74) is 5.13. The molecule has 7 heteroatoms. The van der Waals surface area contributed by atoms with Crippen LogP contribution < -0.4 is 16.4 Å². The molecular weight excluding hydrogens is 253 g/mol. The van der Waals surface area contributed by atoms with E-state index in [0.717, 1.165) is 6.07 Å². The molecule has 104 valence electrons. The quantitative estimate of drug-likeness (QED) is 0.612. The first kappa shape index (κ1) is 15.1. The second kappa shape index (κ2) is 7.45. The molecule has 0 aromatic heterocycles. The lowest BCUT2D eigenvalue weighted by Crippen LogP contribution is -2.30. The van der Waals surface area contributed by atoms with Crippen molar-refractivity contribution in [3.05, 3.63) is 29.6 Å². The molecule has 0 saturated carbocycles. The Bertz CT molecular complexity index is 466. The second-order valence-corrected chi connectivity index (χ2v) is 3.78. The zero-order chi connectivity index (χ0) is 14.3. The maximum atomic E-state index is 13.4. The standard InChI is InChI=1S/C12H16FN3O3/c1-19-5-4-15-7-11(17)16-10-6-8(12(14)18)2-3-9(10)13/h2-3,6,15H,4-5,7H2,1H3,(H2,14,18)(H,16,17). The Morgan fingerprint density at radius 2 is 2.16 bits per heavy atom. The number of halogens is 1. The van der Waals surface area contributed by atoms with E-state index in [0.29, 0.717) is 13.2 Å². The second-order valence-electron chi connectivity index (χ2n) is 3.78. The van der Waals surface area contributed by atoms with Gasteiger partial charge in [0.05, 0.1) is 18.8 Å². The summed E-state index contributed by atoms with van der Waals surface area (Å²) in [6, 6.07) is 3.53. The fourth-order valence-corrected chi connectivity index (χ4v) is 1.34. The van der Waals surface area contributed by atoms with Crippen LogP contribution in [0.15, 0.2) is 18.2 Å². The molecule has 0 radical (unpaired) electrons. The minimum atomic E-state index is -0.686. The van der Waals surface area contributed by atoms with Gasteiger partial charge >= 0.3 is 0 Å². The Morgan fingerprint density at radius 1 is 1.42 bits per heavy atom. The predicted molar refractivity (Wildman–Crippen MR) is 68.3 cm³/mol. The Kier molecular flexibility index (Phi) is 5.91. The van der Waals surface area contributed by atoms with Crippen molar-refractivity contribution in [3.63, 3.8) is 0 Å². The first-order valence-corrected chi connectivity index (χ1v) is 5.63. The minimum Gasteiger partial charge on any atom is -0.383 e. The Labute approximate surface area is 110 Å². The molecule has 19 heavy (non-hydrogen) atoms. The van der Waals surface area contributed by atoms with Crippen LogP contribution in [0.1, 0.15) is 10.4 Å². The summed E-state index contributed by atoms with van der Waals surface area (Å²) in [7, 11) is 1.55. The lowest BCUT2D eigenvalue weighted by molar-refractivity contribution is -0.115. The molecule has 0 aliphatic carbocycles. The number of benzene rings is 1. The highest BCUT2D eigenvalue weighted by molar-refractivity contribution is 5.96. The van der Waals surface area contributed by atoms with Gasteiger partial charge in [-0.15, -0.1) is 0 Å². The highest BCUT2D eigenvalue weighted by Gasteiger charge is 2.09. The third-order valence-electron chi connectivity index (χ3n) is 2.29. The van der Waals surface area contributed by atoms with E-state index in [1.165, 1.54) is 12.1 Å². The summed E-state index contributed by atoms with van der Waals surface area (Å²) in [4.78, 5) is 22.5. The fraction of sp³-hybridized carbons (Fsp3) is 0.333. The van der Waals surface area contributed by atoms with E-state index in [4.69, 9.17) is 10.5 Å². The van der Waals surface area contributed by atoms with Crippen LogP contribution >= 0.6 is 0 Å². The predicted octanol–water partition coefficient (Wildman–Crippen LogP) is 0.0991. The van der Waals surface area contributed by atoms with E-state index < -0.39 is 17.6 Å². The van der Waals surface area contributed by atoms with E-state index in [1.54, 1.807) is 7.11 Å². The summed E-state index contributed by atoms with van der Waals surface area (Å²) in [6.45, 7) is 0.996. The van der Waals surface area contributed by atoms with Crippen LogP contribution in [-0.4, -0.2) is 38.6 Å². The number of hydrogen-bond acceptors (Lipinski definition) is 4. The maximum Gasteiger partial charge on any atom is 0.248 e. The molecule has 1 rings (SSSR count). The van der Waals surface area contributed by atoms with Crippen LogP contribution in [0.2, 0.25) is 0 Å². The van der Waals surface area contributed by atoms with Crippen LogP contribution in [0.5, 0.6) is 0 Å². The average molecular weight is 269 g/mol. The molecule has 0 aliphatic rings. The molecule has 0 saturated heterocycles. The van der Waals surface area contributed by atoms with Crippen molar-refractivity contribution in [1.82, 2.24) is 5.32 Å².